The molecule has 1 aromatic heterocycles. The Labute approximate surface area is 115 Å². The molecule has 0 fully saturated rings. The number of para-hydroxylation sites is 1. The van der Waals surface area contributed by atoms with Crippen molar-refractivity contribution in [2.45, 2.75) is 13.8 Å². The van der Waals surface area contributed by atoms with E-state index < -0.39 is 0 Å². The minimum absolute atomic E-state index is 1.04. The van der Waals surface area contributed by atoms with Crippen molar-refractivity contribution in [1.29, 1.82) is 0 Å². The Hall–Kier alpha value is -1.16. The molecule has 0 radical (unpaired) electrons. The van der Waals surface area contributed by atoms with Gasteiger partial charge >= 0.3 is 0 Å². The molecule has 0 spiro atoms. The summed E-state index contributed by atoms with van der Waals surface area (Å²) >= 11 is 2.33. The predicted octanol–water partition coefficient (Wildman–Crippen LogP) is 4.82. The first-order chi connectivity index (χ1) is 8.22. The van der Waals surface area contributed by atoms with Crippen LogP contribution in [0, 0.1) is 3.57 Å². The fraction of sp³-hybridized carbons (Fsp3) is 0.133. The number of aromatic nitrogens is 1. The van der Waals surface area contributed by atoms with Crippen LogP contribution < -0.4 is 0 Å². The summed E-state index contributed by atoms with van der Waals surface area (Å²) in [5, 5.41) is 1.19. The average molecular weight is 335 g/mol. The second kappa shape index (κ2) is 5.45. The fourth-order valence-electron chi connectivity index (χ4n) is 1.66. The summed E-state index contributed by atoms with van der Waals surface area (Å²) < 4.78 is 1.20. The van der Waals surface area contributed by atoms with Crippen molar-refractivity contribution in [3.05, 3.63) is 57.8 Å². The lowest BCUT2D eigenvalue weighted by Crippen LogP contribution is -1.89. The Balaban J connectivity index is 2.54. The third-order valence-electron chi connectivity index (χ3n) is 2.61. The van der Waals surface area contributed by atoms with Gasteiger partial charge in [0.25, 0.3) is 0 Å². The Morgan fingerprint density at radius 1 is 1.24 bits per heavy atom. The summed E-state index contributed by atoms with van der Waals surface area (Å²) in [5.74, 6) is 0. The molecule has 0 aliphatic carbocycles. The van der Waals surface area contributed by atoms with E-state index in [4.69, 9.17) is 4.98 Å². The number of halogens is 1. The number of rotatable bonds is 2. The van der Waals surface area contributed by atoms with Crippen LogP contribution >= 0.6 is 22.6 Å². The predicted molar refractivity (Wildman–Crippen MR) is 82.9 cm³/mol. The van der Waals surface area contributed by atoms with Gasteiger partial charge in [-0.25, -0.2) is 4.98 Å². The van der Waals surface area contributed by atoms with Crippen molar-refractivity contribution in [3.8, 4) is 0 Å². The van der Waals surface area contributed by atoms with E-state index >= 15 is 0 Å². The number of hydrogen-bond acceptors (Lipinski definition) is 1. The smallest absolute Gasteiger partial charge is 0.0842 e. The van der Waals surface area contributed by atoms with Crippen molar-refractivity contribution in [3.63, 3.8) is 0 Å². The highest BCUT2D eigenvalue weighted by atomic mass is 127. The molecule has 0 atom stereocenters. The van der Waals surface area contributed by atoms with E-state index in [-0.39, 0.29) is 0 Å². The van der Waals surface area contributed by atoms with E-state index in [9.17, 15) is 0 Å². The van der Waals surface area contributed by atoms with Crippen molar-refractivity contribution in [1.82, 2.24) is 4.98 Å². The van der Waals surface area contributed by atoms with Gasteiger partial charge in [-0.15, -0.1) is 0 Å². The number of nitrogens with zero attached hydrogens (tertiary/aromatic N) is 1. The zero-order valence-electron chi connectivity index (χ0n) is 9.94. The zero-order valence-corrected chi connectivity index (χ0v) is 12.1. The normalized spacial score (nSPS) is 12.5. The first kappa shape index (κ1) is 12.3. The van der Waals surface area contributed by atoms with Gasteiger partial charge in [-0.2, -0.15) is 0 Å². The average Bonchev–Trinajstić information content (AvgIpc) is 2.36. The number of benzene rings is 1. The molecule has 2 rings (SSSR count). The van der Waals surface area contributed by atoms with Crippen molar-refractivity contribution < 1.29 is 0 Å². The maximum atomic E-state index is 4.72. The van der Waals surface area contributed by atoms with Gasteiger partial charge in [0, 0.05) is 8.96 Å². The van der Waals surface area contributed by atoms with Crippen LogP contribution in [0.15, 0.2) is 48.6 Å². The van der Waals surface area contributed by atoms with Crippen LogP contribution in [0.25, 0.3) is 16.5 Å². The van der Waals surface area contributed by atoms with E-state index in [1.807, 2.05) is 19.1 Å². The number of pyridine rings is 1. The second-order valence-corrected chi connectivity index (χ2v) is 5.05. The molecule has 0 aliphatic heterocycles. The maximum absolute atomic E-state index is 4.72. The highest BCUT2D eigenvalue weighted by Gasteiger charge is 2.02. The van der Waals surface area contributed by atoms with E-state index in [1.54, 1.807) is 0 Å². The van der Waals surface area contributed by atoms with Crippen LogP contribution in [0.5, 0.6) is 0 Å². The third-order valence-corrected chi connectivity index (χ3v) is 3.48. The lowest BCUT2D eigenvalue weighted by Gasteiger charge is -2.04. The van der Waals surface area contributed by atoms with Crippen molar-refractivity contribution >= 4 is 39.1 Å². The summed E-state index contributed by atoms with van der Waals surface area (Å²) in [6.45, 7) is 4.10. The molecule has 0 bridgehead atoms. The van der Waals surface area contributed by atoms with Crippen LogP contribution in [-0.4, -0.2) is 4.98 Å². The molecule has 0 amide bonds. The van der Waals surface area contributed by atoms with Crippen molar-refractivity contribution in [2.75, 3.05) is 0 Å². The molecule has 0 saturated heterocycles. The molecule has 2 aromatic rings. The number of hydrogen-bond donors (Lipinski definition) is 0. The molecule has 86 valence electrons. The maximum Gasteiger partial charge on any atom is 0.0842 e. The Morgan fingerprint density at radius 2 is 2.06 bits per heavy atom. The van der Waals surface area contributed by atoms with Crippen LogP contribution in [-0.2, 0) is 0 Å². The highest BCUT2D eigenvalue weighted by molar-refractivity contribution is 14.1. The van der Waals surface area contributed by atoms with Gasteiger partial charge < -0.3 is 0 Å². The molecule has 1 nitrogen and oxygen atoms in total. The Morgan fingerprint density at radius 3 is 2.82 bits per heavy atom. The Kier molecular flexibility index (Phi) is 3.94. The van der Waals surface area contributed by atoms with Gasteiger partial charge in [0.2, 0.25) is 0 Å². The van der Waals surface area contributed by atoms with Crippen LogP contribution in [0.2, 0.25) is 0 Å². The minimum atomic E-state index is 1.04. The van der Waals surface area contributed by atoms with Gasteiger partial charge in [-0.05, 0) is 54.1 Å². The van der Waals surface area contributed by atoms with Gasteiger partial charge in [0.05, 0.1) is 11.2 Å². The van der Waals surface area contributed by atoms with Gasteiger partial charge in [-0.1, -0.05) is 36.4 Å². The van der Waals surface area contributed by atoms with Gasteiger partial charge in [-0.3, -0.25) is 0 Å². The molecule has 0 unspecified atom stereocenters. The van der Waals surface area contributed by atoms with E-state index in [0.29, 0.717) is 0 Å². The summed E-state index contributed by atoms with van der Waals surface area (Å²) in [6.07, 6.45) is 6.15. The lowest BCUT2D eigenvalue weighted by molar-refractivity contribution is 1.32. The molecule has 1 heterocycles. The first-order valence-electron chi connectivity index (χ1n) is 5.57. The second-order valence-electron chi connectivity index (χ2n) is 3.88. The molecular weight excluding hydrogens is 321 g/mol. The van der Waals surface area contributed by atoms with Crippen LogP contribution in [0.3, 0.4) is 0 Å². The SMILES string of the molecule is C/C=C\C=C(\C)c1ccc2cccc(I)c2n1. The third kappa shape index (κ3) is 2.75. The number of allylic oxidation sites excluding steroid dienone is 4. The van der Waals surface area contributed by atoms with Gasteiger partial charge in [0.1, 0.15) is 0 Å². The molecule has 0 aliphatic rings. The van der Waals surface area contributed by atoms with Crippen LogP contribution in [0.4, 0.5) is 0 Å². The molecule has 17 heavy (non-hydrogen) atoms. The number of fused-ring (bicyclic) bond motifs is 1. The van der Waals surface area contributed by atoms with Crippen molar-refractivity contribution in [2.24, 2.45) is 0 Å². The monoisotopic (exact) mass is 335 g/mol. The minimum Gasteiger partial charge on any atom is -0.247 e. The van der Waals surface area contributed by atoms with Crippen LogP contribution in [0.1, 0.15) is 19.5 Å². The molecule has 0 saturated carbocycles. The summed E-state index contributed by atoms with van der Waals surface area (Å²) in [7, 11) is 0. The van der Waals surface area contributed by atoms with Gasteiger partial charge in [0.15, 0.2) is 0 Å². The molecular formula is C15H14IN. The van der Waals surface area contributed by atoms with E-state index in [1.165, 1.54) is 14.5 Å². The largest absolute Gasteiger partial charge is 0.247 e. The summed E-state index contributed by atoms with van der Waals surface area (Å²) in [5.41, 5.74) is 3.31. The lowest BCUT2D eigenvalue weighted by atomic mass is 10.1. The molecule has 1 aromatic carbocycles. The molecule has 0 N–H and O–H groups in total. The first-order valence-corrected chi connectivity index (χ1v) is 6.65. The Bertz CT molecular complexity index is 597. The molecule has 2 heteroatoms. The topological polar surface area (TPSA) is 12.9 Å². The van der Waals surface area contributed by atoms with E-state index in [0.717, 1.165) is 11.2 Å². The highest BCUT2D eigenvalue weighted by Crippen LogP contribution is 2.21. The van der Waals surface area contributed by atoms with E-state index in [2.05, 4.69) is 65.9 Å². The fourth-order valence-corrected chi connectivity index (χ4v) is 2.30. The summed E-state index contributed by atoms with van der Waals surface area (Å²) in [6, 6.07) is 10.5. The quantitative estimate of drug-likeness (QED) is 0.566. The standard InChI is InChI=1S/C15H14IN/c1-3-4-6-11(2)14-10-9-12-7-5-8-13(16)15(12)17-14/h3-10H,1-2H3/b4-3-,11-6-. The summed E-state index contributed by atoms with van der Waals surface area (Å²) in [4.78, 5) is 4.72. The zero-order chi connectivity index (χ0) is 12.3.